The van der Waals surface area contributed by atoms with E-state index in [-0.39, 0.29) is 31.1 Å². The lowest BCUT2D eigenvalue weighted by Crippen LogP contribution is -2.27. The lowest BCUT2D eigenvalue weighted by Gasteiger charge is -2.14. The molecule has 0 spiro atoms. The average Bonchev–Trinajstić information content (AvgIpc) is 3.15. The lowest BCUT2D eigenvalue weighted by molar-refractivity contribution is 0.0935. The third kappa shape index (κ3) is 3.93. The second-order valence-electron chi connectivity index (χ2n) is 4.97. The summed E-state index contributed by atoms with van der Waals surface area (Å²) in [6.07, 6.45) is 0.690. The van der Waals surface area contributed by atoms with Crippen molar-refractivity contribution < 1.29 is 14.3 Å². The number of rotatable bonds is 5. The summed E-state index contributed by atoms with van der Waals surface area (Å²) in [5.41, 5.74) is 6.88. The van der Waals surface area contributed by atoms with Crippen LogP contribution in [0.3, 0.4) is 0 Å². The highest BCUT2D eigenvalue weighted by atomic mass is 35.5. The summed E-state index contributed by atoms with van der Waals surface area (Å²) < 4.78 is 10.6. The number of hydrogen-bond donors (Lipinski definition) is 2. The highest BCUT2D eigenvalue weighted by Crippen LogP contribution is 2.34. The number of benzene rings is 1. The molecule has 0 saturated carbocycles. The van der Waals surface area contributed by atoms with Gasteiger partial charge in [-0.2, -0.15) is 0 Å². The van der Waals surface area contributed by atoms with Crippen molar-refractivity contribution in [2.45, 2.75) is 19.4 Å². The number of nitrogens with zero attached hydrogens (tertiary/aromatic N) is 1. The molecule has 0 radical (unpaired) electrons. The summed E-state index contributed by atoms with van der Waals surface area (Å²) >= 11 is 1.45. The summed E-state index contributed by atoms with van der Waals surface area (Å²) in [7, 11) is 0. The van der Waals surface area contributed by atoms with Crippen LogP contribution in [0, 0.1) is 0 Å². The standard InChI is InChI=1S/C15H17N3O3S.ClH/c1-9(10-2-3-12-13(6-10)21-8-20-12)17-15(19)11-7-22-14(18-11)4-5-16;/h2-3,6-7,9H,4-5,8,16H2,1H3,(H,17,19);1H. The molecule has 0 fully saturated rings. The summed E-state index contributed by atoms with van der Waals surface area (Å²) in [4.78, 5) is 16.5. The van der Waals surface area contributed by atoms with Crippen LogP contribution in [0.15, 0.2) is 23.6 Å². The maximum atomic E-state index is 12.2. The van der Waals surface area contributed by atoms with Gasteiger partial charge in [0.15, 0.2) is 11.5 Å². The molecule has 2 heterocycles. The van der Waals surface area contributed by atoms with Gasteiger partial charge in [0.2, 0.25) is 6.79 Å². The molecular weight excluding hydrogens is 338 g/mol. The molecule has 1 atom stereocenters. The highest BCUT2D eigenvalue weighted by molar-refractivity contribution is 7.09. The molecule has 1 aromatic heterocycles. The van der Waals surface area contributed by atoms with Gasteiger partial charge in [0, 0.05) is 11.8 Å². The zero-order valence-electron chi connectivity index (χ0n) is 12.6. The Morgan fingerprint density at radius 3 is 3.00 bits per heavy atom. The van der Waals surface area contributed by atoms with Crippen molar-refractivity contribution in [2.24, 2.45) is 5.73 Å². The van der Waals surface area contributed by atoms with Gasteiger partial charge in [-0.05, 0) is 31.2 Å². The molecule has 1 aromatic carbocycles. The minimum absolute atomic E-state index is 0. The van der Waals surface area contributed by atoms with E-state index in [4.69, 9.17) is 15.2 Å². The third-order valence-corrected chi connectivity index (χ3v) is 4.30. The number of hydrogen-bond acceptors (Lipinski definition) is 6. The van der Waals surface area contributed by atoms with Crippen molar-refractivity contribution in [3.05, 3.63) is 39.8 Å². The quantitative estimate of drug-likeness (QED) is 0.859. The van der Waals surface area contributed by atoms with Crippen molar-refractivity contribution >= 4 is 29.7 Å². The number of ether oxygens (including phenoxy) is 2. The number of aromatic nitrogens is 1. The first-order chi connectivity index (χ1) is 10.7. The Morgan fingerprint density at radius 2 is 2.22 bits per heavy atom. The molecule has 1 aliphatic heterocycles. The lowest BCUT2D eigenvalue weighted by atomic mass is 10.1. The number of thiazole rings is 1. The van der Waals surface area contributed by atoms with Gasteiger partial charge >= 0.3 is 0 Å². The number of amides is 1. The monoisotopic (exact) mass is 355 g/mol. The van der Waals surface area contributed by atoms with Crippen LogP contribution < -0.4 is 20.5 Å². The SMILES string of the molecule is CC(NC(=O)c1csc(CCN)n1)c1ccc2c(c1)OCO2.Cl. The summed E-state index contributed by atoms with van der Waals surface area (Å²) in [5, 5.41) is 5.57. The van der Waals surface area contributed by atoms with Crippen molar-refractivity contribution in [1.82, 2.24) is 10.3 Å². The maximum Gasteiger partial charge on any atom is 0.271 e. The van der Waals surface area contributed by atoms with Crippen LogP contribution in [0.5, 0.6) is 11.5 Å². The highest BCUT2D eigenvalue weighted by Gasteiger charge is 2.18. The number of carbonyl (C=O) groups is 1. The fourth-order valence-electron chi connectivity index (χ4n) is 2.19. The zero-order valence-corrected chi connectivity index (χ0v) is 14.2. The van der Waals surface area contributed by atoms with Crippen molar-refractivity contribution in [1.29, 1.82) is 0 Å². The van der Waals surface area contributed by atoms with E-state index in [1.807, 2.05) is 25.1 Å². The van der Waals surface area contributed by atoms with Crippen molar-refractivity contribution in [2.75, 3.05) is 13.3 Å². The van der Waals surface area contributed by atoms with E-state index in [1.54, 1.807) is 5.38 Å². The van der Waals surface area contributed by atoms with Crippen LogP contribution in [0.2, 0.25) is 0 Å². The fourth-order valence-corrected chi connectivity index (χ4v) is 2.98. The molecule has 1 amide bonds. The van der Waals surface area contributed by atoms with Gasteiger partial charge in [0.25, 0.3) is 5.91 Å². The number of nitrogens with two attached hydrogens (primary N) is 1. The third-order valence-electron chi connectivity index (χ3n) is 3.39. The molecule has 1 unspecified atom stereocenters. The molecule has 6 nitrogen and oxygen atoms in total. The number of nitrogens with one attached hydrogen (secondary N) is 1. The molecule has 0 aliphatic carbocycles. The predicted molar refractivity (Wildman–Crippen MR) is 90.6 cm³/mol. The molecule has 3 N–H and O–H groups in total. The van der Waals surface area contributed by atoms with E-state index in [9.17, 15) is 4.79 Å². The summed E-state index contributed by atoms with van der Waals surface area (Å²) in [6.45, 7) is 2.69. The Balaban J connectivity index is 0.00000192. The predicted octanol–water partition coefficient (Wildman–Crippen LogP) is 2.29. The summed E-state index contributed by atoms with van der Waals surface area (Å²) in [5.74, 6) is 1.25. The fraction of sp³-hybridized carbons (Fsp3) is 0.333. The smallest absolute Gasteiger partial charge is 0.271 e. The normalized spacial score (nSPS) is 13.3. The van der Waals surface area contributed by atoms with Crippen LogP contribution in [0.4, 0.5) is 0 Å². The Labute approximate surface area is 144 Å². The molecule has 1 aliphatic rings. The largest absolute Gasteiger partial charge is 0.454 e. The minimum Gasteiger partial charge on any atom is -0.454 e. The van der Waals surface area contributed by atoms with Crippen LogP contribution in [-0.2, 0) is 6.42 Å². The molecule has 0 saturated heterocycles. The van der Waals surface area contributed by atoms with Gasteiger partial charge < -0.3 is 20.5 Å². The molecule has 0 bridgehead atoms. The molecule has 23 heavy (non-hydrogen) atoms. The van der Waals surface area contributed by atoms with E-state index >= 15 is 0 Å². The van der Waals surface area contributed by atoms with Gasteiger partial charge in [-0.3, -0.25) is 4.79 Å². The molecule has 3 rings (SSSR count). The van der Waals surface area contributed by atoms with Gasteiger partial charge in [0.05, 0.1) is 11.0 Å². The van der Waals surface area contributed by atoms with Crippen LogP contribution >= 0.6 is 23.7 Å². The average molecular weight is 356 g/mol. The first-order valence-electron chi connectivity index (χ1n) is 7.02. The first-order valence-corrected chi connectivity index (χ1v) is 7.90. The maximum absolute atomic E-state index is 12.2. The van der Waals surface area contributed by atoms with Crippen LogP contribution in [0.25, 0.3) is 0 Å². The van der Waals surface area contributed by atoms with Crippen LogP contribution in [0.1, 0.15) is 34.0 Å². The zero-order chi connectivity index (χ0) is 15.5. The second-order valence-corrected chi connectivity index (χ2v) is 5.92. The Kier molecular flexibility index (Phi) is 5.81. The number of halogens is 1. The second kappa shape index (κ2) is 7.63. The van der Waals surface area contributed by atoms with E-state index in [0.29, 0.717) is 24.4 Å². The van der Waals surface area contributed by atoms with E-state index in [2.05, 4.69) is 10.3 Å². The first kappa shape index (κ1) is 17.5. The van der Waals surface area contributed by atoms with Gasteiger partial charge in [0.1, 0.15) is 5.69 Å². The van der Waals surface area contributed by atoms with Crippen molar-refractivity contribution in [3.8, 4) is 11.5 Å². The molecular formula is C15H18ClN3O3S. The van der Waals surface area contributed by atoms with E-state index in [1.165, 1.54) is 11.3 Å². The Morgan fingerprint density at radius 1 is 1.43 bits per heavy atom. The summed E-state index contributed by atoms with van der Waals surface area (Å²) in [6, 6.07) is 5.50. The Bertz CT molecular complexity index is 692. The Hall–Kier alpha value is -1.83. The topological polar surface area (TPSA) is 86.5 Å². The van der Waals surface area contributed by atoms with Gasteiger partial charge in [-0.15, -0.1) is 23.7 Å². The van der Waals surface area contributed by atoms with Gasteiger partial charge in [-0.1, -0.05) is 6.07 Å². The van der Waals surface area contributed by atoms with Gasteiger partial charge in [-0.25, -0.2) is 4.98 Å². The molecule has 2 aromatic rings. The van der Waals surface area contributed by atoms with Crippen LogP contribution in [-0.4, -0.2) is 24.2 Å². The number of fused-ring (bicyclic) bond motifs is 1. The van der Waals surface area contributed by atoms with Crippen molar-refractivity contribution in [3.63, 3.8) is 0 Å². The number of carbonyl (C=O) groups excluding carboxylic acids is 1. The van der Waals surface area contributed by atoms with E-state index in [0.717, 1.165) is 16.3 Å². The molecule has 8 heteroatoms. The molecule has 124 valence electrons. The minimum atomic E-state index is -0.190. The van der Waals surface area contributed by atoms with E-state index < -0.39 is 0 Å².